The Balaban J connectivity index is 2.64. The second-order valence-corrected chi connectivity index (χ2v) is 5.38. The molecule has 0 spiro atoms. The van der Waals surface area contributed by atoms with Gasteiger partial charge in [0.1, 0.15) is 14.4 Å². The van der Waals surface area contributed by atoms with Gasteiger partial charge in [0.2, 0.25) is 0 Å². The largest absolute Gasteiger partial charge is 0.480 e. The highest BCUT2D eigenvalue weighted by Crippen LogP contribution is 2.11. The van der Waals surface area contributed by atoms with Crippen LogP contribution in [0.1, 0.15) is 20.3 Å². The molecule has 0 saturated carbocycles. The molecule has 1 atom stereocenters. The normalized spacial score (nSPS) is 11.6. The number of amides is 2. The SMILES string of the molecule is [B]c1ccc(NC(=O)O[C@@H](CC(C)C)C(=O)NCC(=O)O)cc1. The second kappa shape index (κ2) is 8.82. The number of carboxylic acid groups (broad SMARTS) is 1. The Morgan fingerprint density at radius 3 is 2.35 bits per heavy atom. The highest BCUT2D eigenvalue weighted by molar-refractivity contribution is 6.32. The van der Waals surface area contributed by atoms with Crippen LogP contribution in [0.15, 0.2) is 24.3 Å². The van der Waals surface area contributed by atoms with Crippen LogP contribution in [0.5, 0.6) is 0 Å². The molecule has 122 valence electrons. The van der Waals surface area contributed by atoms with E-state index in [4.69, 9.17) is 17.7 Å². The molecule has 23 heavy (non-hydrogen) atoms. The zero-order chi connectivity index (χ0) is 17.4. The Kier molecular flexibility index (Phi) is 7.11. The number of anilines is 1. The van der Waals surface area contributed by atoms with E-state index in [0.29, 0.717) is 11.2 Å². The smallest absolute Gasteiger partial charge is 0.412 e. The van der Waals surface area contributed by atoms with Crippen LogP contribution in [-0.4, -0.2) is 43.6 Å². The van der Waals surface area contributed by atoms with E-state index >= 15 is 0 Å². The highest BCUT2D eigenvalue weighted by atomic mass is 16.6. The van der Waals surface area contributed by atoms with Gasteiger partial charge in [0.05, 0.1) is 0 Å². The van der Waals surface area contributed by atoms with Crippen LogP contribution in [0.3, 0.4) is 0 Å². The van der Waals surface area contributed by atoms with E-state index in [1.807, 2.05) is 13.8 Å². The average Bonchev–Trinajstić information content (AvgIpc) is 2.46. The monoisotopic (exact) mass is 318 g/mol. The van der Waals surface area contributed by atoms with Gasteiger partial charge in [-0.25, -0.2) is 4.79 Å². The number of carbonyl (C=O) groups excluding carboxylic acids is 2. The van der Waals surface area contributed by atoms with Gasteiger partial charge >= 0.3 is 12.1 Å². The van der Waals surface area contributed by atoms with E-state index in [-0.39, 0.29) is 12.3 Å². The van der Waals surface area contributed by atoms with Crippen LogP contribution in [0.4, 0.5) is 10.5 Å². The number of hydrogen-bond acceptors (Lipinski definition) is 4. The minimum absolute atomic E-state index is 0.0832. The van der Waals surface area contributed by atoms with E-state index in [2.05, 4.69) is 10.6 Å². The van der Waals surface area contributed by atoms with Crippen LogP contribution in [0.25, 0.3) is 0 Å². The number of carbonyl (C=O) groups is 3. The van der Waals surface area contributed by atoms with Gasteiger partial charge in [0.15, 0.2) is 6.10 Å². The lowest BCUT2D eigenvalue weighted by atomic mass is 9.96. The summed E-state index contributed by atoms with van der Waals surface area (Å²) in [7, 11) is 5.55. The lowest BCUT2D eigenvalue weighted by Crippen LogP contribution is -2.41. The number of carboxylic acids is 1. The Labute approximate surface area is 135 Å². The number of nitrogens with one attached hydrogen (secondary N) is 2. The summed E-state index contributed by atoms with van der Waals surface area (Å²) < 4.78 is 5.10. The molecule has 0 aliphatic rings. The molecule has 3 N–H and O–H groups in total. The van der Waals surface area contributed by atoms with E-state index in [9.17, 15) is 14.4 Å². The number of hydrogen-bond donors (Lipinski definition) is 3. The van der Waals surface area contributed by atoms with Crippen molar-refractivity contribution >= 4 is 37.0 Å². The van der Waals surface area contributed by atoms with Crippen molar-refractivity contribution in [3.8, 4) is 0 Å². The van der Waals surface area contributed by atoms with Crippen LogP contribution in [0.2, 0.25) is 0 Å². The van der Waals surface area contributed by atoms with Crippen molar-refractivity contribution in [3.05, 3.63) is 24.3 Å². The summed E-state index contributed by atoms with van der Waals surface area (Å²) in [6, 6.07) is 6.42. The molecular formula is C15H19BN2O5. The third kappa shape index (κ3) is 7.35. The predicted octanol–water partition coefficient (Wildman–Crippen LogP) is 0.644. The summed E-state index contributed by atoms with van der Waals surface area (Å²) in [6.45, 7) is 3.19. The third-order valence-corrected chi connectivity index (χ3v) is 2.80. The maximum absolute atomic E-state index is 11.9. The highest BCUT2D eigenvalue weighted by Gasteiger charge is 2.24. The summed E-state index contributed by atoms with van der Waals surface area (Å²) in [5.74, 6) is -1.73. The Morgan fingerprint density at radius 2 is 1.83 bits per heavy atom. The molecule has 1 rings (SSSR count). The minimum atomic E-state index is -1.17. The second-order valence-electron chi connectivity index (χ2n) is 5.38. The van der Waals surface area contributed by atoms with Gasteiger partial charge in [0.25, 0.3) is 5.91 Å². The minimum Gasteiger partial charge on any atom is -0.480 e. The molecule has 0 aliphatic carbocycles. The van der Waals surface area contributed by atoms with Crippen molar-refractivity contribution in [2.24, 2.45) is 5.92 Å². The number of ether oxygens (including phenoxy) is 1. The molecule has 0 fully saturated rings. The maximum Gasteiger partial charge on any atom is 0.412 e. The quantitative estimate of drug-likeness (QED) is 0.640. The lowest BCUT2D eigenvalue weighted by molar-refractivity contribution is -0.139. The van der Waals surface area contributed by atoms with Gasteiger partial charge in [-0.2, -0.15) is 0 Å². The van der Waals surface area contributed by atoms with Gasteiger partial charge < -0.3 is 15.2 Å². The standard InChI is InChI=1S/C15H19BN2O5/c1-9(2)7-12(14(21)17-8-13(19)20)23-15(22)18-11-5-3-10(16)4-6-11/h3-6,9,12H,7-8H2,1-2H3,(H,17,21)(H,18,22)(H,19,20)/t12-/m0/s1. The molecule has 0 unspecified atom stereocenters. The van der Waals surface area contributed by atoms with Gasteiger partial charge in [-0.1, -0.05) is 31.4 Å². The molecule has 0 aliphatic heterocycles. The van der Waals surface area contributed by atoms with Crippen molar-refractivity contribution < 1.29 is 24.2 Å². The summed E-state index contributed by atoms with van der Waals surface area (Å²) in [6.07, 6.45) is -1.59. The van der Waals surface area contributed by atoms with Crippen LogP contribution in [-0.2, 0) is 14.3 Å². The first-order valence-electron chi connectivity index (χ1n) is 7.10. The Morgan fingerprint density at radius 1 is 1.22 bits per heavy atom. The van der Waals surface area contributed by atoms with Crippen LogP contribution in [0, 0.1) is 5.92 Å². The fraction of sp³-hybridized carbons (Fsp3) is 0.400. The first-order chi connectivity index (χ1) is 10.8. The van der Waals surface area contributed by atoms with Gasteiger partial charge in [-0.05, 0) is 24.5 Å². The molecule has 0 bridgehead atoms. The summed E-state index contributed by atoms with van der Waals surface area (Å²) in [4.78, 5) is 34.3. The first-order valence-corrected chi connectivity index (χ1v) is 7.10. The fourth-order valence-corrected chi connectivity index (χ4v) is 1.76. The average molecular weight is 318 g/mol. The van der Waals surface area contributed by atoms with Crippen molar-refractivity contribution in [2.75, 3.05) is 11.9 Å². The van der Waals surface area contributed by atoms with E-state index < -0.39 is 30.6 Å². The molecule has 1 aromatic rings. The molecule has 8 heteroatoms. The van der Waals surface area contributed by atoms with Crippen molar-refractivity contribution in [2.45, 2.75) is 26.4 Å². The zero-order valence-corrected chi connectivity index (χ0v) is 13.0. The van der Waals surface area contributed by atoms with Crippen LogP contribution < -0.4 is 16.1 Å². The van der Waals surface area contributed by atoms with E-state index in [0.717, 1.165) is 0 Å². The van der Waals surface area contributed by atoms with Crippen molar-refractivity contribution in [1.82, 2.24) is 5.32 Å². The van der Waals surface area contributed by atoms with Crippen molar-refractivity contribution in [1.29, 1.82) is 0 Å². The Hall–Kier alpha value is -2.51. The molecule has 2 amide bonds. The molecule has 0 aromatic heterocycles. The number of benzene rings is 1. The predicted molar refractivity (Wildman–Crippen MR) is 85.8 cm³/mol. The summed E-state index contributed by atoms with van der Waals surface area (Å²) >= 11 is 0. The maximum atomic E-state index is 11.9. The van der Waals surface area contributed by atoms with Gasteiger partial charge in [-0.15, -0.1) is 0 Å². The Bertz CT molecular complexity index is 559. The van der Waals surface area contributed by atoms with Gasteiger partial charge in [-0.3, -0.25) is 14.9 Å². The number of rotatable bonds is 7. The third-order valence-electron chi connectivity index (χ3n) is 2.80. The zero-order valence-electron chi connectivity index (χ0n) is 13.0. The van der Waals surface area contributed by atoms with E-state index in [1.165, 1.54) is 0 Å². The van der Waals surface area contributed by atoms with Crippen LogP contribution >= 0.6 is 0 Å². The van der Waals surface area contributed by atoms with E-state index in [1.54, 1.807) is 24.3 Å². The summed E-state index contributed by atoms with van der Waals surface area (Å²) in [5.41, 5.74) is 1.02. The lowest BCUT2D eigenvalue weighted by Gasteiger charge is -2.19. The molecule has 2 radical (unpaired) electrons. The van der Waals surface area contributed by atoms with Crippen molar-refractivity contribution in [3.63, 3.8) is 0 Å². The number of aliphatic carboxylic acids is 1. The molecule has 0 heterocycles. The molecule has 7 nitrogen and oxygen atoms in total. The summed E-state index contributed by atoms with van der Waals surface area (Å²) in [5, 5.41) is 13.3. The first kappa shape index (κ1) is 18.5. The topological polar surface area (TPSA) is 105 Å². The fourth-order valence-electron chi connectivity index (χ4n) is 1.76. The molecule has 0 saturated heterocycles. The molecular weight excluding hydrogens is 299 g/mol. The molecule has 1 aromatic carbocycles. The van der Waals surface area contributed by atoms with Gasteiger partial charge in [0, 0.05) is 5.69 Å².